The van der Waals surface area contributed by atoms with Crippen molar-refractivity contribution in [1.29, 1.82) is 0 Å². The van der Waals surface area contributed by atoms with E-state index < -0.39 is 42.6 Å². The zero-order valence-electron chi connectivity index (χ0n) is 15.4. The molecule has 0 saturated carbocycles. The summed E-state index contributed by atoms with van der Waals surface area (Å²) in [7, 11) is 0. The number of nitrogens with zero attached hydrogens (tertiary/aromatic N) is 1. The number of amides is 6. The van der Waals surface area contributed by atoms with Gasteiger partial charge in [-0.2, -0.15) is 8.78 Å². The highest BCUT2D eigenvalue weighted by Crippen LogP contribution is 2.30. The van der Waals surface area contributed by atoms with Crippen LogP contribution >= 0.6 is 0 Å². The predicted octanol–water partition coefficient (Wildman–Crippen LogP) is 1.29. The molecule has 1 heterocycles. The predicted molar refractivity (Wildman–Crippen MR) is 92.5 cm³/mol. The normalized spacial score (nSPS) is 19.0. The molecule has 1 aliphatic rings. The van der Waals surface area contributed by atoms with Gasteiger partial charge in [0.25, 0.3) is 5.91 Å². The Balaban J connectivity index is 2.09. The molecule has 0 unspecified atom stereocenters. The van der Waals surface area contributed by atoms with Gasteiger partial charge >= 0.3 is 18.7 Å². The van der Waals surface area contributed by atoms with Crippen molar-refractivity contribution in [2.75, 3.05) is 6.54 Å². The number of carbonyl (C=O) groups excluding carboxylic acids is 4. The third-order valence-electron chi connectivity index (χ3n) is 3.91. The molecule has 0 aromatic heterocycles. The van der Waals surface area contributed by atoms with Crippen LogP contribution in [-0.4, -0.2) is 48.0 Å². The van der Waals surface area contributed by atoms with Gasteiger partial charge in [-0.1, -0.05) is 12.1 Å². The SMILES string of the molecule is CC(C)NC(=O)NC(=O)CN1C(=O)N[C@@](C)(c2ccc(OC(F)F)cc2)C1=O. The van der Waals surface area contributed by atoms with Gasteiger partial charge in [0.1, 0.15) is 17.8 Å². The molecule has 1 fully saturated rings. The monoisotopic (exact) mass is 398 g/mol. The van der Waals surface area contributed by atoms with Crippen LogP contribution in [0, 0.1) is 0 Å². The summed E-state index contributed by atoms with van der Waals surface area (Å²) in [6.45, 7) is 1.17. The molecule has 0 spiro atoms. The largest absolute Gasteiger partial charge is 0.435 e. The molecule has 11 heteroatoms. The van der Waals surface area contributed by atoms with Crippen molar-refractivity contribution in [3.8, 4) is 5.75 Å². The van der Waals surface area contributed by atoms with Gasteiger partial charge in [-0.3, -0.25) is 19.8 Å². The Bertz CT molecular complexity index is 784. The Hall–Kier alpha value is -3.24. The molecule has 28 heavy (non-hydrogen) atoms. The van der Waals surface area contributed by atoms with Crippen LogP contribution in [0.4, 0.5) is 18.4 Å². The number of rotatable bonds is 6. The molecule has 6 amide bonds. The first-order valence-electron chi connectivity index (χ1n) is 8.32. The average molecular weight is 398 g/mol. The molecular formula is C17H20F2N4O5. The number of urea groups is 2. The zero-order chi connectivity index (χ0) is 21.1. The maximum atomic E-state index is 12.7. The summed E-state index contributed by atoms with van der Waals surface area (Å²) in [5, 5.41) is 6.93. The number of carbonyl (C=O) groups is 4. The average Bonchev–Trinajstić information content (AvgIpc) is 2.78. The number of hydrogen-bond donors (Lipinski definition) is 3. The first kappa shape index (κ1) is 21.1. The van der Waals surface area contributed by atoms with Crippen molar-refractivity contribution in [1.82, 2.24) is 20.9 Å². The van der Waals surface area contributed by atoms with E-state index in [0.29, 0.717) is 10.5 Å². The summed E-state index contributed by atoms with van der Waals surface area (Å²) in [5.74, 6) is -1.67. The van der Waals surface area contributed by atoms with Gasteiger partial charge < -0.3 is 15.4 Å². The van der Waals surface area contributed by atoms with Crippen molar-refractivity contribution in [3.63, 3.8) is 0 Å². The maximum Gasteiger partial charge on any atom is 0.387 e. The number of imide groups is 2. The standard InChI is InChI=1S/C17H20F2N4O5/c1-9(2)20-15(26)21-12(24)8-23-13(25)17(3,22-16(23)27)10-4-6-11(7-5-10)28-14(18)19/h4-7,9,14H,8H2,1-3H3,(H,22,27)(H2,20,21,24,26)/t17-/m0/s1. The lowest BCUT2D eigenvalue weighted by atomic mass is 9.92. The molecule has 1 atom stereocenters. The highest BCUT2D eigenvalue weighted by molar-refractivity contribution is 6.10. The zero-order valence-corrected chi connectivity index (χ0v) is 15.4. The Morgan fingerprint density at radius 1 is 1.21 bits per heavy atom. The van der Waals surface area contributed by atoms with E-state index in [1.165, 1.54) is 31.2 Å². The van der Waals surface area contributed by atoms with E-state index in [2.05, 4.69) is 15.4 Å². The fourth-order valence-corrected chi connectivity index (χ4v) is 2.61. The minimum atomic E-state index is -2.99. The fraction of sp³-hybridized carbons (Fsp3) is 0.412. The maximum absolute atomic E-state index is 12.7. The Morgan fingerprint density at radius 2 is 1.82 bits per heavy atom. The van der Waals surface area contributed by atoms with Gasteiger partial charge in [-0.05, 0) is 38.5 Å². The fourth-order valence-electron chi connectivity index (χ4n) is 2.61. The molecule has 0 bridgehead atoms. The van der Waals surface area contributed by atoms with Crippen molar-refractivity contribution >= 4 is 23.9 Å². The molecular weight excluding hydrogens is 378 g/mol. The molecule has 9 nitrogen and oxygen atoms in total. The Kier molecular flexibility index (Phi) is 6.16. The second-order valence-electron chi connectivity index (χ2n) is 6.53. The summed E-state index contributed by atoms with van der Waals surface area (Å²) in [6.07, 6.45) is 0. The number of alkyl halides is 2. The quantitative estimate of drug-likeness (QED) is 0.625. The van der Waals surface area contributed by atoms with Gasteiger partial charge in [0.2, 0.25) is 5.91 Å². The topological polar surface area (TPSA) is 117 Å². The van der Waals surface area contributed by atoms with E-state index in [-0.39, 0.29) is 11.8 Å². The molecule has 1 aromatic carbocycles. The summed E-state index contributed by atoms with van der Waals surface area (Å²) in [6, 6.07) is 3.41. The summed E-state index contributed by atoms with van der Waals surface area (Å²) in [5.41, 5.74) is -1.19. The Morgan fingerprint density at radius 3 is 2.36 bits per heavy atom. The third kappa shape index (κ3) is 4.72. The van der Waals surface area contributed by atoms with Crippen molar-refractivity contribution in [2.24, 2.45) is 0 Å². The van der Waals surface area contributed by atoms with Gasteiger partial charge in [0.05, 0.1) is 0 Å². The third-order valence-corrected chi connectivity index (χ3v) is 3.91. The van der Waals surface area contributed by atoms with Crippen molar-refractivity contribution in [2.45, 2.75) is 39.0 Å². The molecule has 1 saturated heterocycles. The smallest absolute Gasteiger partial charge is 0.387 e. The van der Waals surface area contributed by atoms with Crippen LogP contribution in [0.5, 0.6) is 5.75 Å². The minimum absolute atomic E-state index is 0.105. The molecule has 0 radical (unpaired) electrons. The van der Waals surface area contributed by atoms with Crippen LogP contribution in [0.15, 0.2) is 24.3 Å². The number of ether oxygens (including phenoxy) is 1. The second-order valence-corrected chi connectivity index (χ2v) is 6.53. The molecule has 152 valence electrons. The van der Waals surface area contributed by atoms with Crippen molar-refractivity contribution < 1.29 is 32.7 Å². The van der Waals surface area contributed by atoms with E-state index >= 15 is 0 Å². The first-order valence-corrected chi connectivity index (χ1v) is 8.32. The second kappa shape index (κ2) is 8.19. The van der Waals surface area contributed by atoms with Crippen molar-refractivity contribution in [3.05, 3.63) is 29.8 Å². The lowest BCUT2D eigenvalue weighted by Crippen LogP contribution is -2.48. The van der Waals surface area contributed by atoms with Crippen LogP contribution in [0.1, 0.15) is 26.3 Å². The van der Waals surface area contributed by atoms with E-state index in [4.69, 9.17) is 0 Å². The summed E-state index contributed by atoms with van der Waals surface area (Å²) in [4.78, 5) is 49.0. The molecule has 0 aliphatic carbocycles. The van der Waals surface area contributed by atoms with Gasteiger partial charge in [0, 0.05) is 6.04 Å². The highest BCUT2D eigenvalue weighted by atomic mass is 19.3. The molecule has 2 rings (SSSR count). The minimum Gasteiger partial charge on any atom is -0.435 e. The number of hydrogen-bond acceptors (Lipinski definition) is 5. The van der Waals surface area contributed by atoms with Gasteiger partial charge in [-0.15, -0.1) is 0 Å². The van der Waals surface area contributed by atoms with E-state index in [0.717, 1.165) is 0 Å². The number of halogens is 2. The van der Waals surface area contributed by atoms with Crippen LogP contribution in [0.3, 0.4) is 0 Å². The first-order chi connectivity index (χ1) is 13.0. The molecule has 1 aliphatic heterocycles. The van der Waals surface area contributed by atoms with Gasteiger partial charge in [-0.25, -0.2) is 9.59 Å². The number of nitrogens with one attached hydrogen (secondary N) is 3. The van der Waals surface area contributed by atoms with Crippen LogP contribution in [0.2, 0.25) is 0 Å². The highest BCUT2D eigenvalue weighted by Gasteiger charge is 2.49. The lowest BCUT2D eigenvalue weighted by Gasteiger charge is -2.22. The van der Waals surface area contributed by atoms with Crippen LogP contribution < -0.4 is 20.7 Å². The molecule has 3 N–H and O–H groups in total. The van der Waals surface area contributed by atoms with E-state index in [1.807, 2.05) is 5.32 Å². The van der Waals surface area contributed by atoms with Crippen LogP contribution in [0.25, 0.3) is 0 Å². The molecule has 1 aromatic rings. The summed E-state index contributed by atoms with van der Waals surface area (Å²) >= 11 is 0. The van der Waals surface area contributed by atoms with Crippen LogP contribution in [-0.2, 0) is 15.1 Å². The van der Waals surface area contributed by atoms with Gasteiger partial charge in [0.15, 0.2) is 0 Å². The summed E-state index contributed by atoms with van der Waals surface area (Å²) < 4.78 is 28.7. The Labute approximate surface area is 159 Å². The lowest BCUT2D eigenvalue weighted by molar-refractivity contribution is -0.134. The van der Waals surface area contributed by atoms with E-state index in [1.54, 1.807) is 13.8 Å². The number of benzene rings is 1. The van der Waals surface area contributed by atoms with E-state index in [9.17, 15) is 28.0 Å².